The molecular formula is C16H13NO3S. The molecule has 106 valence electrons. The molecule has 0 aliphatic carbocycles. The Balaban J connectivity index is 1.93. The van der Waals surface area contributed by atoms with Gasteiger partial charge in [0.15, 0.2) is 0 Å². The summed E-state index contributed by atoms with van der Waals surface area (Å²) in [4.78, 5) is 12.7. The van der Waals surface area contributed by atoms with Gasteiger partial charge in [0.25, 0.3) is 0 Å². The zero-order valence-corrected chi connectivity index (χ0v) is 11.9. The summed E-state index contributed by atoms with van der Waals surface area (Å²) in [5, 5.41) is 10.3. The van der Waals surface area contributed by atoms with Crippen LogP contribution in [0.4, 0.5) is 5.69 Å². The Morgan fingerprint density at radius 3 is 2.62 bits per heavy atom. The molecule has 1 aromatic heterocycles. The molecule has 0 atom stereocenters. The molecule has 1 heterocycles. The summed E-state index contributed by atoms with van der Waals surface area (Å²) in [5.41, 5.74) is 7.24. The Bertz CT molecular complexity index is 840. The lowest BCUT2D eigenvalue weighted by atomic mass is 10.1. The minimum Gasteiger partial charge on any atom is -0.508 e. The first-order chi connectivity index (χ1) is 10.1. The smallest absolute Gasteiger partial charge is 0.336 e. The molecule has 3 aromatic rings. The van der Waals surface area contributed by atoms with E-state index in [0.717, 1.165) is 21.5 Å². The standard InChI is InChI=1S/C16H13NO3S/c17-11-1-4-13(5-2-11)21-9-10-7-16(19)20-15-8-12(18)3-6-14(10)15/h1-8,18H,9,17H2. The zero-order chi connectivity index (χ0) is 14.8. The van der Waals surface area contributed by atoms with Crippen molar-refractivity contribution in [2.45, 2.75) is 10.6 Å². The fraction of sp³-hybridized carbons (Fsp3) is 0.0625. The van der Waals surface area contributed by atoms with E-state index in [-0.39, 0.29) is 5.75 Å². The molecule has 0 amide bonds. The van der Waals surface area contributed by atoms with E-state index in [4.69, 9.17) is 10.2 Å². The van der Waals surface area contributed by atoms with Gasteiger partial charge in [-0.05, 0) is 42.0 Å². The third-order valence-electron chi connectivity index (χ3n) is 3.09. The summed E-state index contributed by atoms with van der Waals surface area (Å²) in [6, 6.07) is 13.9. The van der Waals surface area contributed by atoms with E-state index in [1.54, 1.807) is 23.9 Å². The number of hydrogen-bond donors (Lipinski definition) is 2. The molecule has 0 unspecified atom stereocenters. The van der Waals surface area contributed by atoms with Crippen LogP contribution >= 0.6 is 11.8 Å². The Morgan fingerprint density at radius 1 is 1.10 bits per heavy atom. The number of fused-ring (bicyclic) bond motifs is 1. The number of phenols is 1. The molecular weight excluding hydrogens is 286 g/mol. The summed E-state index contributed by atoms with van der Waals surface area (Å²) >= 11 is 1.61. The summed E-state index contributed by atoms with van der Waals surface area (Å²) in [5.74, 6) is 0.713. The lowest BCUT2D eigenvalue weighted by molar-refractivity contribution is 0.473. The molecule has 4 nitrogen and oxygen atoms in total. The van der Waals surface area contributed by atoms with E-state index >= 15 is 0 Å². The number of phenolic OH excluding ortho intramolecular Hbond substituents is 1. The van der Waals surface area contributed by atoms with Crippen molar-refractivity contribution in [1.29, 1.82) is 0 Å². The summed E-state index contributed by atoms with van der Waals surface area (Å²) in [7, 11) is 0. The quantitative estimate of drug-likeness (QED) is 0.440. The Kier molecular flexibility index (Phi) is 3.58. The Hall–Kier alpha value is -2.40. The molecule has 0 aliphatic heterocycles. The van der Waals surface area contributed by atoms with Crippen molar-refractivity contribution >= 4 is 28.4 Å². The van der Waals surface area contributed by atoms with Gasteiger partial charge in [0.2, 0.25) is 0 Å². The molecule has 3 N–H and O–H groups in total. The second-order valence-corrected chi connectivity index (χ2v) is 5.68. The number of benzene rings is 2. The van der Waals surface area contributed by atoms with Crippen LogP contribution in [-0.4, -0.2) is 5.11 Å². The predicted molar refractivity (Wildman–Crippen MR) is 84.6 cm³/mol. The minimum absolute atomic E-state index is 0.0778. The van der Waals surface area contributed by atoms with Gasteiger partial charge in [-0.25, -0.2) is 4.79 Å². The van der Waals surface area contributed by atoms with E-state index in [1.165, 1.54) is 12.1 Å². The van der Waals surface area contributed by atoms with Gasteiger partial charge in [0.05, 0.1) is 0 Å². The monoisotopic (exact) mass is 299 g/mol. The van der Waals surface area contributed by atoms with Crippen LogP contribution in [0.15, 0.2) is 62.6 Å². The highest BCUT2D eigenvalue weighted by Gasteiger charge is 2.07. The fourth-order valence-electron chi connectivity index (χ4n) is 2.06. The van der Waals surface area contributed by atoms with E-state index in [9.17, 15) is 9.90 Å². The average molecular weight is 299 g/mol. The largest absolute Gasteiger partial charge is 0.508 e. The summed E-state index contributed by atoms with van der Waals surface area (Å²) < 4.78 is 5.11. The van der Waals surface area contributed by atoms with Crippen molar-refractivity contribution in [3.63, 3.8) is 0 Å². The number of hydrogen-bond acceptors (Lipinski definition) is 5. The summed E-state index contributed by atoms with van der Waals surface area (Å²) in [6.45, 7) is 0. The first-order valence-electron chi connectivity index (χ1n) is 6.36. The van der Waals surface area contributed by atoms with Gasteiger partial charge in [-0.2, -0.15) is 0 Å². The first-order valence-corrected chi connectivity index (χ1v) is 7.34. The Labute approximate surface area is 125 Å². The number of aromatic hydroxyl groups is 1. The predicted octanol–water partition coefficient (Wildman–Crippen LogP) is 3.37. The van der Waals surface area contributed by atoms with Crippen LogP contribution in [0.25, 0.3) is 11.0 Å². The van der Waals surface area contributed by atoms with Crippen LogP contribution in [0.3, 0.4) is 0 Å². The van der Waals surface area contributed by atoms with Crippen LogP contribution < -0.4 is 11.4 Å². The van der Waals surface area contributed by atoms with Crippen molar-refractivity contribution < 1.29 is 9.52 Å². The highest BCUT2D eigenvalue weighted by atomic mass is 32.2. The van der Waals surface area contributed by atoms with Gasteiger partial charge >= 0.3 is 5.63 Å². The molecule has 0 saturated carbocycles. The van der Waals surface area contributed by atoms with Crippen LogP contribution in [-0.2, 0) is 5.75 Å². The van der Waals surface area contributed by atoms with Gasteiger partial charge in [0.1, 0.15) is 11.3 Å². The topological polar surface area (TPSA) is 76.5 Å². The second-order valence-electron chi connectivity index (χ2n) is 4.63. The third kappa shape index (κ3) is 3.03. The highest BCUT2D eigenvalue weighted by Crippen LogP contribution is 2.28. The zero-order valence-electron chi connectivity index (χ0n) is 11.1. The van der Waals surface area contributed by atoms with Crippen molar-refractivity contribution in [2.75, 3.05) is 5.73 Å². The molecule has 0 fully saturated rings. The summed E-state index contributed by atoms with van der Waals surface area (Å²) in [6.07, 6.45) is 0. The van der Waals surface area contributed by atoms with Gasteiger partial charge in [-0.1, -0.05) is 0 Å². The van der Waals surface area contributed by atoms with Crippen molar-refractivity contribution in [3.05, 3.63) is 64.5 Å². The molecule has 5 heteroatoms. The molecule has 0 spiro atoms. The van der Waals surface area contributed by atoms with Gasteiger partial charge < -0.3 is 15.3 Å². The average Bonchev–Trinajstić information content (AvgIpc) is 2.45. The molecule has 2 aromatic carbocycles. The number of nitrogen functional groups attached to an aromatic ring is 1. The molecule has 0 saturated heterocycles. The molecule has 3 rings (SSSR count). The maximum atomic E-state index is 11.6. The first kappa shape index (κ1) is 13.6. The maximum Gasteiger partial charge on any atom is 0.336 e. The van der Waals surface area contributed by atoms with E-state index in [1.807, 2.05) is 24.3 Å². The van der Waals surface area contributed by atoms with Gasteiger partial charge in [-0.15, -0.1) is 11.8 Å². The SMILES string of the molecule is Nc1ccc(SCc2cc(=O)oc3cc(O)ccc23)cc1. The van der Waals surface area contributed by atoms with Crippen LogP contribution in [0.5, 0.6) is 5.75 Å². The van der Waals surface area contributed by atoms with E-state index < -0.39 is 5.63 Å². The molecule has 21 heavy (non-hydrogen) atoms. The van der Waals surface area contributed by atoms with Crippen molar-refractivity contribution in [2.24, 2.45) is 0 Å². The van der Waals surface area contributed by atoms with Crippen molar-refractivity contribution in [3.8, 4) is 5.75 Å². The van der Waals surface area contributed by atoms with E-state index in [2.05, 4.69) is 0 Å². The van der Waals surface area contributed by atoms with Gasteiger partial charge in [0, 0.05) is 33.9 Å². The molecule has 0 radical (unpaired) electrons. The number of thioether (sulfide) groups is 1. The maximum absolute atomic E-state index is 11.6. The molecule has 0 aliphatic rings. The number of rotatable bonds is 3. The lowest BCUT2D eigenvalue weighted by Gasteiger charge is -2.06. The van der Waals surface area contributed by atoms with Crippen LogP contribution in [0.1, 0.15) is 5.56 Å². The highest BCUT2D eigenvalue weighted by molar-refractivity contribution is 7.98. The van der Waals surface area contributed by atoms with Gasteiger partial charge in [-0.3, -0.25) is 0 Å². The second kappa shape index (κ2) is 5.54. The Morgan fingerprint density at radius 2 is 1.86 bits per heavy atom. The number of nitrogens with two attached hydrogens (primary N) is 1. The third-order valence-corrected chi connectivity index (χ3v) is 4.15. The van der Waals surface area contributed by atoms with E-state index in [0.29, 0.717) is 11.3 Å². The van der Waals surface area contributed by atoms with Crippen LogP contribution in [0.2, 0.25) is 0 Å². The fourth-order valence-corrected chi connectivity index (χ4v) is 2.95. The van der Waals surface area contributed by atoms with Crippen molar-refractivity contribution in [1.82, 2.24) is 0 Å². The lowest BCUT2D eigenvalue weighted by Crippen LogP contribution is -1.99. The van der Waals surface area contributed by atoms with Crippen LogP contribution in [0, 0.1) is 0 Å². The molecule has 0 bridgehead atoms. The number of anilines is 1. The normalized spacial score (nSPS) is 10.9. The minimum atomic E-state index is -0.416.